The number of carbonyl (C=O) groups excluding carboxylic acids is 2. The second-order valence-electron chi connectivity index (χ2n) is 17.8. The molecule has 16 nitrogen and oxygen atoms in total. The summed E-state index contributed by atoms with van der Waals surface area (Å²) in [6, 6.07) is 3.18. The molecule has 29 heteroatoms. The number of nitrogens with zero attached hydrogens (tertiary/aromatic N) is 6. The molecule has 0 spiro atoms. The van der Waals surface area contributed by atoms with Gasteiger partial charge in [0.1, 0.15) is 40.9 Å². The van der Waals surface area contributed by atoms with Gasteiger partial charge in [0, 0.05) is 46.7 Å². The average Bonchev–Trinajstić information content (AvgIpc) is 3.78. The molecule has 2 aliphatic carbocycles. The largest absolute Gasteiger partial charge is 0.481 e. The maximum atomic E-state index is 15.6. The molecule has 7 rings (SSSR count). The van der Waals surface area contributed by atoms with Crippen LogP contribution in [0.5, 0.6) is 0 Å². The first-order valence-corrected chi connectivity index (χ1v) is 24.7. The Kier molecular flexibility index (Phi) is 14.7. The fourth-order valence-electron chi connectivity index (χ4n) is 8.40. The maximum Gasteiger partial charge on any atom is 0.435 e. The Bertz CT molecular complexity index is 3260. The first-order chi connectivity index (χ1) is 33.7. The van der Waals surface area contributed by atoms with Crippen LogP contribution in [0.2, 0.25) is 5.02 Å². The number of fused-ring (bicyclic) bond motifs is 4. The second kappa shape index (κ2) is 19.6. The van der Waals surface area contributed by atoms with E-state index in [1.54, 1.807) is 0 Å². The summed E-state index contributed by atoms with van der Waals surface area (Å²) in [5.41, 5.74) is -0.398. The van der Waals surface area contributed by atoms with E-state index >= 15 is 8.78 Å². The summed E-state index contributed by atoms with van der Waals surface area (Å²) in [6.07, 6.45) is -11.6. The second-order valence-corrected chi connectivity index (χ2v) is 21.7. The molecule has 2 aliphatic rings. The Morgan fingerprint density at radius 1 is 1.03 bits per heavy atom. The highest BCUT2D eigenvalue weighted by Gasteiger charge is 2.68. The van der Waals surface area contributed by atoms with Gasteiger partial charge in [-0.25, -0.2) is 30.7 Å². The molecular weight excluding hydrogens is 1060 g/mol. The number of nitrogens with one attached hydrogen (secondary N) is 1. The van der Waals surface area contributed by atoms with Crippen LogP contribution >= 0.6 is 11.6 Å². The monoisotopic (exact) mass is 1100 g/mol. The van der Waals surface area contributed by atoms with Gasteiger partial charge in [-0.1, -0.05) is 23.6 Å². The van der Waals surface area contributed by atoms with Gasteiger partial charge in [-0.05, 0) is 80.8 Å². The Balaban J connectivity index is 1.44. The third kappa shape index (κ3) is 11.5. The molecule has 392 valence electrons. The number of alkyl halides is 8. The zero-order valence-electron chi connectivity index (χ0n) is 37.9. The van der Waals surface area contributed by atoms with E-state index < -0.39 is 176 Å². The van der Waals surface area contributed by atoms with Crippen LogP contribution in [-0.4, -0.2) is 92.1 Å². The summed E-state index contributed by atoms with van der Waals surface area (Å²) in [5, 5.41) is 18.1. The zero-order chi connectivity index (χ0) is 54.1. The first-order valence-electron chi connectivity index (χ1n) is 21.4. The summed E-state index contributed by atoms with van der Waals surface area (Å²) in [6.45, 7) is -1.82. The number of hydrogen-bond donors (Lipinski definition) is 4. The molecule has 2 amide bonds. The highest BCUT2D eigenvalue weighted by atomic mass is 35.5. The highest BCUT2D eigenvalue weighted by Crippen LogP contribution is 2.68. The molecule has 2 aromatic carbocycles. The van der Waals surface area contributed by atoms with E-state index in [1.165, 1.54) is 19.9 Å². The van der Waals surface area contributed by atoms with Gasteiger partial charge in [-0.2, -0.15) is 45.3 Å². The molecule has 1 fully saturated rings. The van der Waals surface area contributed by atoms with Crippen molar-refractivity contribution in [2.24, 2.45) is 11.7 Å². The van der Waals surface area contributed by atoms with Gasteiger partial charge in [0.05, 0.1) is 40.6 Å². The molecule has 3 unspecified atom stereocenters. The van der Waals surface area contributed by atoms with Crippen LogP contribution in [0.3, 0.4) is 0 Å². The smallest absolute Gasteiger partial charge is 0.435 e. The highest BCUT2D eigenvalue weighted by molar-refractivity contribution is 7.92. The lowest BCUT2D eigenvalue weighted by atomic mass is 9.93. The van der Waals surface area contributed by atoms with Crippen LogP contribution in [0.1, 0.15) is 84.7 Å². The van der Waals surface area contributed by atoms with Crippen LogP contribution in [0.25, 0.3) is 22.0 Å². The molecule has 0 bridgehead atoms. The fraction of sp³-hybridized carbons (Fsp3) is 0.409. The number of nitrogens with two attached hydrogens (primary N) is 1. The SMILES string of the molecule is CC(C)(C#Cc1ccc(-c2ccc(Cl)c3c(CN(C(=O)C(N)CCC(=O)O)S(=O)O)nn(CC(F)(F)F)c23)c(C(Cc2cc(F)cc(F)c2)NC(=O)Cn2nc(C(F)(F)F)c3c2C(F)(F)[C@@H]2C[C@H]32)n1)S(C)(=O)=O. The Morgan fingerprint density at radius 3 is 2.26 bits per heavy atom. The number of halogens is 11. The van der Waals surface area contributed by atoms with Gasteiger partial charge < -0.3 is 16.2 Å². The molecule has 0 saturated heterocycles. The first kappa shape index (κ1) is 54.6. The van der Waals surface area contributed by atoms with E-state index in [0.717, 1.165) is 36.6 Å². The lowest BCUT2D eigenvalue weighted by Gasteiger charge is -2.23. The number of carboxylic acids is 1. The van der Waals surface area contributed by atoms with E-state index in [0.29, 0.717) is 10.7 Å². The lowest BCUT2D eigenvalue weighted by molar-refractivity contribution is -0.143. The van der Waals surface area contributed by atoms with Crippen molar-refractivity contribution in [3.05, 3.63) is 98.7 Å². The Labute approximate surface area is 414 Å². The van der Waals surface area contributed by atoms with Crippen molar-refractivity contribution in [3.8, 4) is 23.0 Å². The van der Waals surface area contributed by atoms with Crippen molar-refractivity contribution in [3.63, 3.8) is 0 Å². The summed E-state index contributed by atoms with van der Waals surface area (Å²) >= 11 is 3.36. The van der Waals surface area contributed by atoms with E-state index in [1.807, 2.05) is 0 Å². The molecule has 3 heterocycles. The van der Waals surface area contributed by atoms with Crippen molar-refractivity contribution < 1.29 is 80.6 Å². The number of sulfone groups is 1. The molecule has 3 aromatic heterocycles. The molecule has 73 heavy (non-hydrogen) atoms. The molecule has 0 radical (unpaired) electrons. The fourth-order valence-corrected chi connectivity index (χ4v) is 9.42. The summed E-state index contributed by atoms with van der Waals surface area (Å²) in [7, 11) is -3.91. The minimum absolute atomic E-state index is 0.183. The van der Waals surface area contributed by atoms with Crippen molar-refractivity contribution in [2.75, 3.05) is 6.26 Å². The molecular formula is C44H39ClF10N8O8S2. The van der Waals surface area contributed by atoms with Crippen LogP contribution in [0.15, 0.2) is 42.5 Å². The third-order valence-electron chi connectivity index (χ3n) is 12.1. The van der Waals surface area contributed by atoms with Gasteiger partial charge in [-0.15, -0.1) is 0 Å². The van der Waals surface area contributed by atoms with Gasteiger partial charge >= 0.3 is 18.3 Å². The number of amides is 2. The molecule has 5 aromatic rings. The van der Waals surface area contributed by atoms with Gasteiger partial charge in [0.25, 0.3) is 23.1 Å². The van der Waals surface area contributed by atoms with E-state index in [4.69, 9.17) is 22.4 Å². The number of aromatic nitrogens is 5. The van der Waals surface area contributed by atoms with Gasteiger partial charge in [0.2, 0.25) is 5.91 Å². The molecule has 5 N–H and O–H groups in total. The number of pyridine rings is 1. The minimum atomic E-state index is -5.23. The van der Waals surface area contributed by atoms with Gasteiger partial charge in [-0.3, -0.25) is 28.3 Å². The minimum Gasteiger partial charge on any atom is -0.481 e. The number of carboxylic acid groups (broad SMARTS) is 1. The number of rotatable bonds is 16. The van der Waals surface area contributed by atoms with Crippen molar-refractivity contribution in [2.45, 2.75) is 100 Å². The van der Waals surface area contributed by atoms with Gasteiger partial charge in [0.15, 0.2) is 15.5 Å². The number of benzene rings is 2. The summed E-state index contributed by atoms with van der Waals surface area (Å²) in [4.78, 5) is 43.1. The topological polar surface area (TPSA) is 233 Å². The van der Waals surface area contributed by atoms with Crippen molar-refractivity contribution in [1.82, 2.24) is 34.2 Å². The predicted molar refractivity (Wildman–Crippen MR) is 239 cm³/mol. The lowest BCUT2D eigenvalue weighted by Crippen LogP contribution is -2.44. The number of hydrogen-bond acceptors (Lipinski definition) is 10. The van der Waals surface area contributed by atoms with Crippen LogP contribution in [0.4, 0.5) is 43.9 Å². The number of aliphatic carboxylic acids is 1. The summed E-state index contributed by atoms with van der Waals surface area (Å²) in [5.74, 6) is -7.78. The van der Waals surface area contributed by atoms with Crippen LogP contribution < -0.4 is 11.1 Å². The normalized spacial score (nSPS) is 17.5. The molecule has 5 atom stereocenters. The van der Waals surface area contributed by atoms with Crippen LogP contribution in [-0.2, 0) is 73.6 Å². The summed E-state index contributed by atoms with van der Waals surface area (Å²) < 4.78 is 194. The maximum absolute atomic E-state index is 15.6. The quantitative estimate of drug-likeness (QED) is 0.0447. The van der Waals surface area contributed by atoms with Crippen LogP contribution in [0, 0.1) is 29.4 Å². The standard InChI is InChI=1S/C44H39ClF10N8O8S2/c1-41(2,73(3,70)71)11-10-23-4-5-24(25-6-7-28(45)35-31(59-62(37(25)35)19-42(48,49)50)17-63(72(68)69)40(67)29(56)8-9-33(65)66)36(57-23)30(14-20-12-21(46)15-22(47)13-20)58-32(64)18-61-39-34(38(60-61)44(53,54)55)26-16-27(26)43(39,51)52/h4-7,12-13,15,26-27,29-30H,8-9,14,16-19,56H2,1-3H3,(H,58,64)(H,65,66)(H,68,69)/t26-,27+,29?,30?/m0/s1. The molecule has 1 saturated carbocycles. The predicted octanol–water partition coefficient (Wildman–Crippen LogP) is 6.95. The van der Waals surface area contributed by atoms with E-state index in [-0.39, 0.29) is 42.8 Å². The third-order valence-corrected chi connectivity index (χ3v) is 15.1. The Morgan fingerprint density at radius 2 is 1.67 bits per heavy atom. The average molecular weight is 1100 g/mol. The number of carbonyl (C=O) groups is 3. The van der Waals surface area contributed by atoms with Crippen molar-refractivity contribution >= 4 is 61.4 Å². The van der Waals surface area contributed by atoms with E-state index in [2.05, 4.69) is 32.3 Å². The Hall–Kier alpha value is -6.15. The molecule has 0 aliphatic heterocycles. The zero-order valence-corrected chi connectivity index (χ0v) is 40.3. The van der Waals surface area contributed by atoms with E-state index in [9.17, 15) is 66.7 Å². The van der Waals surface area contributed by atoms with Crippen molar-refractivity contribution in [1.29, 1.82) is 0 Å².